The number of aromatic nitrogens is 4. The molecule has 0 unspecified atom stereocenters. The average Bonchev–Trinajstić information content (AvgIpc) is 3.60. The van der Waals surface area contributed by atoms with E-state index in [1.807, 2.05) is 44.2 Å². The molecule has 5 rings (SSSR count). The first-order valence-corrected chi connectivity index (χ1v) is 11.2. The molecule has 2 amide bonds. The second kappa shape index (κ2) is 8.93. The van der Waals surface area contributed by atoms with Crippen LogP contribution in [0.3, 0.4) is 0 Å². The van der Waals surface area contributed by atoms with Crippen LogP contribution in [0.4, 0.5) is 11.5 Å². The zero-order valence-corrected chi connectivity index (χ0v) is 19.0. The maximum absolute atomic E-state index is 12.9. The van der Waals surface area contributed by atoms with Gasteiger partial charge in [-0.2, -0.15) is 5.10 Å². The number of carbonyl (C=O) groups is 2. The Bertz CT molecular complexity index is 1380. The fraction of sp³-hybridized carbons (Fsp3) is 0.240. The van der Waals surface area contributed by atoms with Crippen LogP contribution in [0.15, 0.2) is 55.2 Å². The maximum Gasteiger partial charge on any atom is 0.253 e. The lowest BCUT2D eigenvalue weighted by Gasteiger charge is -2.12. The van der Waals surface area contributed by atoms with Crippen molar-refractivity contribution in [3.8, 4) is 0 Å². The van der Waals surface area contributed by atoms with Crippen LogP contribution in [0.2, 0.25) is 0 Å². The molecule has 1 saturated carbocycles. The van der Waals surface area contributed by atoms with Crippen LogP contribution < -0.4 is 16.0 Å². The van der Waals surface area contributed by atoms with Gasteiger partial charge in [-0.1, -0.05) is 6.07 Å². The molecule has 1 aliphatic rings. The number of benzene rings is 1. The van der Waals surface area contributed by atoms with E-state index in [0.717, 1.165) is 35.2 Å². The molecule has 1 aliphatic carbocycles. The zero-order valence-electron chi connectivity index (χ0n) is 19.0. The lowest BCUT2D eigenvalue weighted by atomic mass is 10.1. The van der Waals surface area contributed by atoms with Crippen LogP contribution >= 0.6 is 0 Å². The highest BCUT2D eigenvalue weighted by Gasteiger charge is 2.24. The van der Waals surface area contributed by atoms with Crippen molar-refractivity contribution in [3.05, 3.63) is 83.1 Å². The monoisotopic (exact) mass is 455 g/mol. The summed E-state index contributed by atoms with van der Waals surface area (Å²) in [6, 6.07) is 9.56. The van der Waals surface area contributed by atoms with Gasteiger partial charge in [0.2, 0.25) is 0 Å². The van der Waals surface area contributed by atoms with Gasteiger partial charge in [0, 0.05) is 42.4 Å². The average molecular weight is 456 g/mol. The standard InChI is InChI=1S/C25H25N7O2/c1-15-3-4-18(24(33)30-19-5-6-19)11-21(15)31-23-22-16(2)20(13-32(22)29-14-28-23)25(34)27-12-17-7-9-26-10-8-17/h3-4,7-11,13-14,19H,5-6,12H2,1-2H3,(H,27,34)(H,30,33)(H,28,29,31). The first kappa shape index (κ1) is 21.6. The molecule has 9 nitrogen and oxygen atoms in total. The van der Waals surface area contributed by atoms with Gasteiger partial charge in [0.1, 0.15) is 11.8 Å². The zero-order chi connectivity index (χ0) is 23.7. The van der Waals surface area contributed by atoms with Gasteiger partial charge in [-0.25, -0.2) is 9.50 Å². The predicted octanol–water partition coefficient (Wildman–Crippen LogP) is 3.31. The molecule has 3 N–H and O–H groups in total. The summed E-state index contributed by atoms with van der Waals surface area (Å²) in [6.45, 7) is 4.24. The molecule has 1 aromatic carbocycles. The van der Waals surface area contributed by atoms with E-state index in [0.29, 0.717) is 29.0 Å². The highest BCUT2D eigenvalue weighted by atomic mass is 16.2. The lowest BCUT2D eigenvalue weighted by molar-refractivity contribution is 0.0942. The molecule has 0 aliphatic heterocycles. The Kier molecular flexibility index (Phi) is 5.67. The fourth-order valence-corrected chi connectivity index (χ4v) is 3.78. The molecule has 0 atom stereocenters. The molecule has 0 radical (unpaired) electrons. The van der Waals surface area contributed by atoms with Crippen molar-refractivity contribution in [1.29, 1.82) is 0 Å². The quantitative estimate of drug-likeness (QED) is 0.394. The van der Waals surface area contributed by atoms with E-state index >= 15 is 0 Å². The number of pyridine rings is 1. The van der Waals surface area contributed by atoms with Gasteiger partial charge >= 0.3 is 0 Å². The summed E-state index contributed by atoms with van der Waals surface area (Å²) < 4.78 is 1.64. The number of rotatable bonds is 7. The third-order valence-corrected chi connectivity index (χ3v) is 5.94. The normalized spacial score (nSPS) is 13.0. The minimum Gasteiger partial charge on any atom is -0.349 e. The number of carbonyl (C=O) groups excluding carboxylic acids is 2. The van der Waals surface area contributed by atoms with E-state index in [-0.39, 0.29) is 17.9 Å². The van der Waals surface area contributed by atoms with Gasteiger partial charge in [0.05, 0.1) is 5.56 Å². The Morgan fingerprint density at radius 3 is 2.65 bits per heavy atom. The maximum atomic E-state index is 12.9. The number of nitrogens with zero attached hydrogens (tertiary/aromatic N) is 4. The van der Waals surface area contributed by atoms with Gasteiger partial charge in [0.15, 0.2) is 5.82 Å². The van der Waals surface area contributed by atoms with E-state index in [9.17, 15) is 9.59 Å². The van der Waals surface area contributed by atoms with E-state index in [4.69, 9.17) is 0 Å². The van der Waals surface area contributed by atoms with Crippen molar-refractivity contribution in [2.45, 2.75) is 39.3 Å². The molecule has 4 aromatic rings. The van der Waals surface area contributed by atoms with Crippen molar-refractivity contribution in [2.75, 3.05) is 5.32 Å². The minimum atomic E-state index is -0.194. The Morgan fingerprint density at radius 1 is 1.09 bits per heavy atom. The van der Waals surface area contributed by atoms with Crippen LogP contribution in [0.5, 0.6) is 0 Å². The fourth-order valence-electron chi connectivity index (χ4n) is 3.78. The number of aryl methyl sites for hydroxylation is 2. The molecular formula is C25H25N7O2. The summed E-state index contributed by atoms with van der Waals surface area (Å²) in [5, 5.41) is 13.6. The van der Waals surface area contributed by atoms with Crippen LogP contribution in [0, 0.1) is 13.8 Å². The molecular weight excluding hydrogens is 430 g/mol. The highest BCUT2D eigenvalue weighted by molar-refractivity contribution is 5.99. The highest BCUT2D eigenvalue weighted by Crippen LogP contribution is 2.28. The largest absolute Gasteiger partial charge is 0.349 e. The number of hydrogen-bond donors (Lipinski definition) is 3. The Hall–Kier alpha value is -4.27. The summed E-state index contributed by atoms with van der Waals surface area (Å²) in [7, 11) is 0. The smallest absolute Gasteiger partial charge is 0.253 e. The summed E-state index contributed by atoms with van der Waals surface area (Å²) in [4.78, 5) is 33.8. The lowest BCUT2D eigenvalue weighted by Crippen LogP contribution is -2.25. The minimum absolute atomic E-state index is 0.0783. The molecule has 0 saturated heterocycles. The first-order chi connectivity index (χ1) is 16.5. The SMILES string of the molecule is Cc1ccc(C(=O)NC2CC2)cc1Nc1ncnn2cc(C(=O)NCc3ccncc3)c(C)c12. The van der Waals surface area contributed by atoms with Crippen LogP contribution in [-0.4, -0.2) is 37.4 Å². The van der Waals surface area contributed by atoms with Gasteiger partial charge in [-0.15, -0.1) is 0 Å². The van der Waals surface area contributed by atoms with Gasteiger partial charge in [-0.05, 0) is 67.6 Å². The van der Waals surface area contributed by atoms with Crippen molar-refractivity contribution < 1.29 is 9.59 Å². The molecule has 0 bridgehead atoms. The molecule has 172 valence electrons. The number of anilines is 2. The van der Waals surface area contributed by atoms with Crippen LogP contribution in [0.1, 0.15) is 50.2 Å². The molecule has 1 fully saturated rings. The molecule has 0 spiro atoms. The third-order valence-electron chi connectivity index (χ3n) is 5.94. The second-order valence-electron chi connectivity index (χ2n) is 8.51. The second-order valence-corrected chi connectivity index (χ2v) is 8.51. The topological polar surface area (TPSA) is 113 Å². The van der Waals surface area contributed by atoms with Crippen molar-refractivity contribution in [1.82, 2.24) is 30.2 Å². The summed E-state index contributed by atoms with van der Waals surface area (Å²) in [5.74, 6) is 0.287. The summed E-state index contributed by atoms with van der Waals surface area (Å²) in [5.41, 5.74) is 5.28. The molecule has 34 heavy (non-hydrogen) atoms. The summed E-state index contributed by atoms with van der Waals surface area (Å²) >= 11 is 0. The Balaban J connectivity index is 1.41. The van der Waals surface area contributed by atoms with E-state index in [2.05, 4.69) is 31.0 Å². The molecule has 3 heterocycles. The predicted molar refractivity (Wildman–Crippen MR) is 128 cm³/mol. The first-order valence-electron chi connectivity index (χ1n) is 11.2. The van der Waals surface area contributed by atoms with E-state index in [1.165, 1.54) is 6.33 Å². The van der Waals surface area contributed by atoms with Gasteiger partial charge in [-0.3, -0.25) is 14.6 Å². The number of nitrogens with one attached hydrogen (secondary N) is 3. The van der Waals surface area contributed by atoms with E-state index in [1.54, 1.807) is 23.1 Å². The number of fused-ring (bicyclic) bond motifs is 1. The number of amides is 2. The number of hydrogen-bond acceptors (Lipinski definition) is 6. The van der Waals surface area contributed by atoms with Crippen molar-refractivity contribution in [2.24, 2.45) is 0 Å². The van der Waals surface area contributed by atoms with Crippen molar-refractivity contribution >= 4 is 28.8 Å². The summed E-state index contributed by atoms with van der Waals surface area (Å²) in [6.07, 6.45) is 8.60. The van der Waals surface area contributed by atoms with Crippen LogP contribution in [-0.2, 0) is 6.54 Å². The van der Waals surface area contributed by atoms with Crippen LogP contribution in [0.25, 0.3) is 5.52 Å². The molecule has 3 aromatic heterocycles. The van der Waals surface area contributed by atoms with Gasteiger partial charge < -0.3 is 16.0 Å². The third kappa shape index (κ3) is 4.45. The van der Waals surface area contributed by atoms with Crippen molar-refractivity contribution in [3.63, 3.8) is 0 Å². The van der Waals surface area contributed by atoms with Gasteiger partial charge in [0.25, 0.3) is 11.8 Å². The Morgan fingerprint density at radius 2 is 1.88 bits per heavy atom. The van der Waals surface area contributed by atoms with E-state index < -0.39 is 0 Å². The Labute approximate surface area is 196 Å². The molecule has 9 heteroatoms.